The number of hydrogen-bond donors (Lipinski definition) is 0. The fourth-order valence-electron chi connectivity index (χ4n) is 1.91. The van der Waals surface area contributed by atoms with E-state index in [1.807, 2.05) is 0 Å². The molecule has 0 amide bonds. The Balaban J connectivity index is 3.27. The molecule has 98 valence electrons. The van der Waals surface area contributed by atoms with Crippen molar-refractivity contribution in [3.8, 4) is 0 Å². The topological polar surface area (TPSA) is 0 Å². The molecule has 0 N–H and O–H groups in total. The molecule has 0 radical (unpaired) electrons. The summed E-state index contributed by atoms with van der Waals surface area (Å²) in [6.45, 7) is 8.27. The summed E-state index contributed by atoms with van der Waals surface area (Å²) in [7, 11) is 4.71. The molecule has 0 aromatic carbocycles. The molecular formula is C15H34N+. The number of rotatable bonds is 10. The van der Waals surface area contributed by atoms with Crippen LogP contribution in [-0.2, 0) is 0 Å². The summed E-state index contributed by atoms with van der Waals surface area (Å²) >= 11 is 0. The van der Waals surface area contributed by atoms with Crippen LogP contribution in [0.4, 0.5) is 0 Å². The van der Waals surface area contributed by atoms with E-state index >= 15 is 0 Å². The minimum absolute atomic E-state index is 0.754. The third-order valence-electron chi connectivity index (χ3n) is 3.99. The molecule has 1 nitrogen and oxygen atoms in total. The lowest BCUT2D eigenvalue weighted by Gasteiger charge is -2.34. The van der Waals surface area contributed by atoms with Crippen LogP contribution in [0.15, 0.2) is 0 Å². The Morgan fingerprint density at radius 3 is 1.62 bits per heavy atom. The molecule has 0 saturated carbocycles. The first-order valence-corrected chi connectivity index (χ1v) is 7.33. The van der Waals surface area contributed by atoms with E-state index in [4.69, 9.17) is 0 Å². The molecule has 16 heavy (non-hydrogen) atoms. The van der Waals surface area contributed by atoms with E-state index in [0.717, 1.165) is 6.04 Å². The molecule has 0 aromatic rings. The van der Waals surface area contributed by atoms with Gasteiger partial charge in [0.15, 0.2) is 0 Å². The second-order valence-electron chi connectivity index (χ2n) is 6.07. The van der Waals surface area contributed by atoms with Crippen molar-refractivity contribution in [2.75, 3.05) is 20.6 Å². The Hall–Kier alpha value is -0.0400. The van der Waals surface area contributed by atoms with E-state index in [1.54, 1.807) is 0 Å². The lowest BCUT2D eigenvalue weighted by molar-refractivity contribution is -0.911. The maximum Gasteiger partial charge on any atom is 0.0829 e. The third-order valence-corrected chi connectivity index (χ3v) is 3.99. The normalized spacial score (nSPS) is 12.4. The smallest absolute Gasteiger partial charge is 0.0829 e. The Kier molecular flexibility index (Phi) is 9.02. The van der Waals surface area contributed by atoms with Crippen LogP contribution >= 0.6 is 0 Å². The standard InChI is InChI=1S/C15H34N/c1-6-7-8-9-10-11-12-13-14-16(4,5)15(2)3/h15H,6-14H2,1-5H3/q+1. The van der Waals surface area contributed by atoms with Crippen LogP contribution < -0.4 is 0 Å². The summed E-state index contributed by atoms with van der Waals surface area (Å²) in [6, 6.07) is 0.754. The SMILES string of the molecule is CCCCCCCCCC[N+](C)(C)C(C)C. The van der Waals surface area contributed by atoms with Gasteiger partial charge in [-0.2, -0.15) is 0 Å². The van der Waals surface area contributed by atoms with Crippen LogP contribution in [0, 0.1) is 0 Å². The van der Waals surface area contributed by atoms with Crippen molar-refractivity contribution >= 4 is 0 Å². The molecule has 0 rings (SSSR count). The zero-order valence-electron chi connectivity index (χ0n) is 12.4. The molecular weight excluding hydrogens is 194 g/mol. The largest absolute Gasteiger partial charge is 0.327 e. The van der Waals surface area contributed by atoms with Gasteiger partial charge in [-0.1, -0.05) is 45.4 Å². The molecule has 0 unspecified atom stereocenters. The molecule has 0 bridgehead atoms. The van der Waals surface area contributed by atoms with Gasteiger partial charge in [0.2, 0.25) is 0 Å². The Morgan fingerprint density at radius 1 is 0.750 bits per heavy atom. The summed E-state index contributed by atoms with van der Waals surface area (Å²) in [4.78, 5) is 0. The average molecular weight is 228 g/mol. The van der Waals surface area contributed by atoms with E-state index in [0.29, 0.717) is 0 Å². The van der Waals surface area contributed by atoms with Crippen LogP contribution in [0.5, 0.6) is 0 Å². The molecule has 0 heterocycles. The number of hydrogen-bond acceptors (Lipinski definition) is 0. The van der Waals surface area contributed by atoms with Gasteiger partial charge in [0, 0.05) is 0 Å². The monoisotopic (exact) mass is 228 g/mol. The van der Waals surface area contributed by atoms with Crippen molar-refractivity contribution in [2.45, 2.75) is 78.2 Å². The molecule has 0 aliphatic heterocycles. The second kappa shape index (κ2) is 9.04. The first kappa shape index (κ1) is 16.0. The Morgan fingerprint density at radius 2 is 1.19 bits per heavy atom. The minimum atomic E-state index is 0.754. The summed E-state index contributed by atoms with van der Waals surface area (Å²) in [6.07, 6.45) is 11.4. The Bertz CT molecular complexity index is 150. The highest BCUT2D eigenvalue weighted by Crippen LogP contribution is 2.12. The van der Waals surface area contributed by atoms with Crippen molar-refractivity contribution in [2.24, 2.45) is 0 Å². The molecule has 0 aromatic heterocycles. The highest BCUT2D eigenvalue weighted by atomic mass is 15.3. The van der Waals surface area contributed by atoms with Crippen LogP contribution in [0.3, 0.4) is 0 Å². The van der Waals surface area contributed by atoms with Gasteiger partial charge in [0.05, 0.1) is 26.7 Å². The molecule has 0 atom stereocenters. The minimum Gasteiger partial charge on any atom is -0.327 e. The fraction of sp³-hybridized carbons (Fsp3) is 1.00. The summed E-state index contributed by atoms with van der Waals surface area (Å²) in [5.41, 5.74) is 0. The quantitative estimate of drug-likeness (QED) is 0.378. The van der Waals surface area contributed by atoms with E-state index in [-0.39, 0.29) is 0 Å². The van der Waals surface area contributed by atoms with Crippen LogP contribution in [-0.4, -0.2) is 31.2 Å². The third kappa shape index (κ3) is 8.15. The maximum absolute atomic E-state index is 2.35. The van der Waals surface area contributed by atoms with Crippen molar-refractivity contribution in [1.82, 2.24) is 0 Å². The van der Waals surface area contributed by atoms with Gasteiger partial charge in [0.25, 0.3) is 0 Å². The first-order valence-electron chi connectivity index (χ1n) is 7.33. The van der Waals surface area contributed by atoms with E-state index in [9.17, 15) is 0 Å². The summed E-state index contributed by atoms with van der Waals surface area (Å²) < 4.78 is 1.18. The predicted molar refractivity (Wildman–Crippen MR) is 74.7 cm³/mol. The van der Waals surface area contributed by atoms with Crippen molar-refractivity contribution in [3.05, 3.63) is 0 Å². The summed E-state index contributed by atoms with van der Waals surface area (Å²) in [5, 5.41) is 0. The molecule has 0 fully saturated rings. The highest BCUT2D eigenvalue weighted by Gasteiger charge is 2.18. The van der Waals surface area contributed by atoms with E-state index in [1.165, 1.54) is 62.4 Å². The first-order chi connectivity index (χ1) is 7.50. The maximum atomic E-state index is 2.35. The lowest BCUT2D eigenvalue weighted by atomic mass is 10.1. The molecule has 0 spiro atoms. The van der Waals surface area contributed by atoms with E-state index in [2.05, 4.69) is 34.9 Å². The van der Waals surface area contributed by atoms with Gasteiger partial charge in [-0.25, -0.2) is 0 Å². The van der Waals surface area contributed by atoms with Crippen LogP contribution in [0.25, 0.3) is 0 Å². The average Bonchev–Trinajstić information content (AvgIpc) is 2.21. The van der Waals surface area contributed by atoms with Gasteiger partial charge < -0.3 is 4.48 Å². The molecule has 1 heteroatoms. The van der Waals surface area contributed by atoms with Gasteiger partial charge in [0.1, 0.15) is 0 Å². The summed E-state index contributed by atoms with van der Waals surface area (Å²) in [5.74, 6) is 0. The van der Waals surface area contributed by atoms with Crippen molar-refractivity contribution < 1.29 is 4.48 Å². The van der Waals surface area contributed by atoms with Crippen LogP contribution in [0.2, 0.25) is 0 Å². The van der Waals surface area contributed by atoms with Crippen molar-refractivity contribution in [3.63, 3.8) is 0 Å². The Labute approximate surface area is 104 Å². The molecule has 0 aliphatic rings. The van der Waals surface area contributed by atoms with E-state index < -0.39 is 0 Å². The zero-order valence-corrected chi connectivity index (χ0v) is 12.4. The second-order valence-corrected chi connectivity index (χ2v) is 6.07. The lowest BCUT2D eigenvalue weighted by Crippen LogP contribution is -2.46. The van der Waals surface area contributed by atoms with Crippen LogP contribution in [0.1, 0.15) is 72.1 Å². The van der Waals surface area contributed by atoms with Gasteiger partial charge >= 0.3 is 0 Å². The number of nitrogens with zero attached hydrogens (tertiary/aromatic N) is 1. The fourth-order valence-corrected chi connectivity index (χ4v) is 1.91. The number of unbranched alkanes of at least 4 members (excludes halogenated alkanes) is 7. The molecule has 0 aliphatic carbocycles. The van der Waals surface area contributed by atoms with Gasteiger partial charge in [-0.05, 0) is 26.7 Å². The predicted octanol–water partition coefficient (Wildman–Crippen LogP) is 4.61. The van der Waals surface area contributed by atoms with Crippen molar-refractivity contribution in [1.29, 1.82) is 0 Å². The zero-order chi connectivity index (χ0) is 12.4. The van der Waals surface area contributed by atoms with Gasteiger partial charge in [-0.3, -0.25) is 0 Å². The van der Waals surface area contributed by atoms with Gasteiger partial charge in [-0.15, -0.1) is 0 Å². The number of quaternary nitrogens is 1. The highest BCUT2D eigenvalue weighted by molar-refractivity contribution is 4.47. The molecule has 0 saturated heterocycles.